The summed E-state index contributed by atoms with van der Waals surface area (Å²) >= 11 is 0. The maximum Gasteiger partial charge on any atom is 0.137 e. The summed E-state index contributed by atoms with van der Waals surface area (Å²) in [4.78, 5) is 5.84. The number of rotatable bonds is 7. The highest BCUT2D eigenvalue weighted by molar-refractivity contribution is 5.44. The lowest BCUT2D eigenvalue weighted by Crippen LogP contribution is -2.50. The van der Waals surface area contributed by atoms with Gasteiger partial charge in [-0.1, -0.05) is 47.7 Å². The predicted molar refractivity (Wildman–Crippen MR) is 135 cm³/mol. The first-order valence-corrected chi connectivity index (χ1v) is 11.6. The molecule has 1 N–H and O–H groups in total. The lowest BCUT2D eigenvalue weighted by Gasteiger charge is -2.40. The molecule has 2 atom stereocenters. The van der Waals surface area contributed by atoms with E-state index in [2.05, 4.69) is 21.9 Å². The molecule has 0 aliphatic rings. The average molecular weight is 487 g/mol. The maximum atomic E-state index is 14.8. The molecule has 0 aliphatic carbocycles. The minimum absolute atomic E-state index is 0.000443. The van der Waals surface area contributed by atoms with Gasteiger partial charge in [0.1, 0.15) is 29.9 Å². The van der Waals surface area contributed by atoms with Crippen molar-refractivity contribution in [3.63, 3.8) is 0 Å². The molecule has 5 nitrogen and oxygen atoms in total. The SMILES string of the molecule is Cc1ccc(C#Cc2ccc(CN(C)[C@H](C)[C@](O)(Cn3cncn3)c3ccc(F)cc3F)cc2)cc1. The van der Waals surface area contributed by atoms with Crippen LogP contribution in [0.15, 0.2) is 79.4 Å². The Morgan fingerprint density at radius 3 is 2.22 bits per heavy atom. The second-order valence-corrected chi connectivity index (χ2v) is 9.05. The molecule has 1 heterocycles. The summed E-state index contributed by atoms with van der Waals surface area (Å²) in [5.41, 5.74) is 2.36. The number of aliphatic hydroxyl groups is 1. The van der Waals surface area contributed by atoms with Gasteiger partial charge in [0.25, 0.3) is 0 Å². The normalized spacial score (nSPS) is 13.6. The molecule has 36 heavy (non-hydrogen) atoms. The highest BCUT2D eigenvalue weighted by atomic mass is 19.1. The van der Waals surface area contributed by atoms with Crippen LogP contribution in [0.5, 0.6) is 0 Å². The van der Waals surface area contributed by atoms with Crippen molar-refractivity contribution in [3.05, 3.63) is 119 Å². The highest BCUT2D eigenvalue weighted by Gasteiger charge is 2.41. The van der Waals surface area contributed by atoms with Crippen molar-refractivity contribution >= 4 is 0 Å². The van der Waals surface area contributed by atoms with E-state index >= 15 is 0 Å². The van der Waals surface area contributed by atoms with Gasteiger partial charge in [-0.3, -0.25) is 4.90 Å². The van der Waals surface area contributed by atoms with Crippen LogP contribution in [0.3, 0.4) is 0 Å². The lowest BCUT2D eigenvalue weighted by atomic mass is 9.85. The molecule has 0 unspecified atom stereocenters. The second kappa shape index (κ2) is 10.8. The number of hydrogen-bond donors (Lipinski definition) is 1. The molecular formula is C29H28F2N4O. The van der Waals surface area contributed by atoms with E-state index in [1.54, 1.807) is 6.92 Å². The highest BCUT2D eigenvalue weighted by Crippen LogP contribution is 2.32. The van der Waals surface area contributed by atoms with Gasteiger partial charge in [-0.2, -0.15) is 5.10 Å². The van der Waals surface area contributed by atoms with E-state index in [1.165, 1.54) is 29.0 Å². The first kappa shape index (κ1) is 25.2. The number of aromatic nitrogens is 3. The Labute approximate surface area is 210 Å². The Morgan fingerprint density at radius 2 is 1.64 bits per heavy atom. The summed E-state index contributed by atoms with van der Waals surface area (Å²) in [7, 11) is 1.85. The molecule has 0 radical (unpaired) electrons. The maximum absolute atomic E-state index is 14.8. The topological polar surface area (TPSA) is 54.2 Å². The molecule has 0 saturated heterocycles. The standard InChI is InChI=1S/C29H28F2N4O/c1-21-4-6-23(7-5-21)8-9-24-10-12-25(13-11-24)17-34(3)22(2)29(36,18-35-20-32-19-33-35)27-15-14-26(30)16-28(27)31/h4-7,10-16,19-20,22,36H,17-18H2,1-3H3/t22-,29-/m1/s1. The molecule has 0 saturated carbocycles. The van der Waals surface area contributed by atoms with E-state index < -0.39 is 23.3 Å². The van der Waals surface area contributed by atoms with Gasteiger partial charge < -0.3 is 5.11 Å². The summed E-state index contributed by atoms with van der Waals surface area (Å²) in [5.74, 6) is 4.83. The minimum atomic E-state index is -1.69. The van der Waals surface area contributed by atoms with Crippen molar-refractivity contribution < 1.29 is 13.9 Å². The van der Waals surface area contributed by atoms with Crippen LogP contribution in [0.4, 0.5) is 8.78 Å². The Hall–Kier alpha value is -3.86. The van der Waals surface area contributed by atoms with Crippen molar-refractivity contribution in [2.75, 3.05) is 7.05 Å². The number of halogens is 2. The molecule has 7 heteroatoms. The number of likely N-dealkylation sites (N-methyl/N-ethyl adjacent to an activating group) is 1. The molecule has 184 valence electrons. The smallest absolute Gasteiger partial charge is 0.137 e. The predicted octanol–water partition coefficient (Wildman–Crippen LogP) is 4.67. The third-order valence-corrected chi connectivity index (χ3v) is 6.41. The fraction of sp³-hybridized carbons (Fsp3) is 0.241. The summed E-state index contributed by atoms with van der Waals surface area (Å²) < 4.78 is 29.8. The molecule has 4 rings (SSSR count). The second-order valence-electron chi connectivity index (χ2n) is 9.05. The third kappa shape index (κ3) is 5.85. The summed E-state index contributed by atoms with van der Waals surface area (Å²) in [6.07, 6.45) is 2.80. The molecule has 1 aromatic heterocycles. The number of aryl methyl sites for hydroxylation is 1. The van der Waals surface area contributed by atoms with E-state index in [-0.39, 0.29) is 12.1 Å². The molecule has 0 bridgehead atoms. The Balaban J connectivity index is 1.52. The zero-order valence-electron chi connectivity index (χ0n) is 20.5. The van der Waals surface area contributed by atoms with Gasteiger partial charge >= 0.3 is 0 Å². The van der Waals surface area contributed by atoms with Crippen LogP contribution in [0.25, 0.3) is 0 Å². The third-order valence-electron chi connectivity index (χ3n) is 6.41. The van der Waals surface area contributed by atoms with E-state index in [9.17, 15) is 13.9 Å². The van der Waals surface area contributed by atoms with Gasteiger partial charge in [-0.05, 0) is 56.8 Å². The summed E-state index contributed by atoms with van der Waals surface area (Å²) in [5, 5.41) is 15.8. The number of hydrogen-bond acceptors (Lipinski definition) is 4. The van der Waals surface area contributed by atoms with Gasteiger partial charge in [0, 0.05) is 35.3 Å². The monoisotopic (exact) mass is 486 g/mol. The van der Waals surface area contributed by atoms with Crippen LogP contribution in [0.2, 0.25) is 0 Å². The first-order chi connectivity index (χ1) is 17.2. The molecule has 0 amide bonds. The van der Waals surface area contributed by atoms with Crippen LogP contribution >= 0.6 is 0 Å². The largest absolute Gasteiger partial charge is 0.381 e. The van der Waals surface area contributed by atoms with E-state index in [0.717, 1.165) is 28.8 Å². The van der Waals surface area contributed by atoms with Crippen molar-refractivity contribution in [2.24, 2.45) is 0 Å². The molecule has 0 fully saturated rings. The van der Waals surface area contributed by atoms with Crippen molar-refractivity contribution in [3.8, 4) is 11.8 Å². The zero-order chi connectivity index (χ0) is 25.7. The van der Waals surface area contributed by atoms with Gasteiger partial charge in [0.15, 0.2) is 0 Å². The van der Waals surface area contributed by atoms with Crippen LogP contribution in [-0.2, 0) is 18.7 Å². The van der Waals surface area contributed by atoms with Crippen LogP contribution < -0.4 is 0 Å². The number of benzene rings is 3. The molecule has 0 aliphatic heterocycles. The van der Waals surface area contributed by atoms with Gasteiger partial charge in [0.2, 0.25) is 0 Å². The molecule has 4 aromatic rings. The molecule has 0 spiro atoms. The van der Waals surface area contributed by atoms with Gasteiger partial charge in [0.05, 0.1) is 6.54 Å². The van der Waals surface area contributed by atoms with Crippen molar-refractivity contribution in [1.29, 1.82) is 0 Å². The van der Waals surface area contributed by atoms with Crippen LogP contribution in [0.1, 0.15) is 34.7 Å². The van der Waals surface area contributed by atoms with Gasteiger partial charge in [-0.15, -0.1) is 0 Å². The van der Waals surface area contributed by atoms with Crippen LogP contribution in [-0.4, -0.2) is 37.9 Å². The van der Waals surface area contributed by atoms with Crippen LogP contribution in [0, 0.1) is 30.4 Å². The quantitative estimate of drug-likeness (QED) is 0.386. The lowest BCUT2D eigenvalue weighted by molar-refractivity contribution is -0.0591. The Bertz CT molecular complexity index is 1360. The fourth-order valence-corrected chi connectivity index (χ4v) is 4.11. The first-order valence-electron chi connectivity index (χ1n) is 11.6. The average Bonchev–Trinajstić information content (AvgIpc) is 3.36. The molecular weight excluding hydrogens is 458 g/mol. The number of nitrogens with zero attached hydrogens (tertiary/aromatic N) is 4. The van der Waals surface area contributed by atoms with Crippen molar-refractivity contribution in [2.45, 2.75) is 38.6 Å². The Kier molecular flexibility index (Phi) is 7.58. The van der Waals surface area contributed by atoms with Crippen molar-refractivity contribution in [1.82, 2.24) is 19.7 Å². The van der Waals surface area contributed by atoms with E-state index in [0.29, 0.717) is 6.54 Å². The molecule has 3 aromatic carbocycles. The van der Waals surface area contributed by atoms with E-state index in [4.69, 9.17) is 0 Å². The minimum Gasteiger partial charge on any atom is -0.381 e. The fourth-order valence-electron chi connectivity index (χ4n) is 4.11. The van der Waals surface area contributed by atoms with E-state index in [1.807, 2.05) is 67.4 Å². The Morgan fingerprint density at radius 1 is 1.00 bits per heavy atom. The summed E-state index contributed by atoms with van der Waals surface area (Å²) in [6.45, 7) is 4.30. The van der Waals surface area contributed by atoms with Gasteiger partial charge in [-0.25, -0.2) is 18.4 Å². The zero-order valence-corrected chi connectivity index (χ0v) is 20.5. The summed E-state index contributed by atoms with van der Waals surface area (Å²) in [6, 6.07) is 18.6.